The molecule has 1 fully saturated rings. The average Bonchev–Trinajstić information content (AvgIpc) is 3.01. The molecule has 1 aromatic heterocycles. The number of H-pyrrole nitrogens is 1. The molecule has 1 aliphatic rings. The third-order valence-electron chi connectivity index (χ3n) is 4.20. The highest BCUT2D eigenvalue weighted by Crippen LogP contribution is 2.44. The summed E-state index contributed by atoms with van der Waals surface area (Å²) in [4.78, 5) is 14.8. The fourth-order valence-corrected chi connectivity index (χ4v) is 4.27. The van der Waals surface area contributed by atoms with Gasteiger partial charge in [0.05, 0.1) is 5.02 Å². The van der Waals surface area contributed by atoms with E-state index in [-0.39, 0.29) is 12.0 Å². The molecule has 28 heavy (non-hydrogen) atoms. The third-order valence-corrected chi connectivity index (χ3v) is 6.42. The Morgan fingerprint density at radius 3 is 2.18 bits per heavy atom. The van der Waals surface area contributed by atoms with Crippen molar-refractivity contribution in [2.45, 2.75) is 36.6 Å². The van der Waals surface area contributed by atoms with Gasteiger partial charge in [0.1, 0.15) is 36.6 Å². The Bertz CT molecular complexity index is 883. The van der Waals surface area contributed by atoms with Crippen molar-refractivity contribution in [3.8, 4) is 5.88 Å². The molecular weight excluding hydrogens is 486 g/mol. The molecule has 1 aromatic carbocycles. The highest BCUT2D eigenvalue weighted by molar-refractivity contribution is 9.10. The van der Waals surface area contributed by atoms with E-state index in [0.717, 1.165) is 0 Å². The van der Waals surface area contributed by atoms with E-state index < -0.39 is 44.4 Å². The lowest BCUT2D eigenvalue weighted by atomic mass is 9.85. The summed E-state index contributed by atoms with van der Waals surface area (Å²) in [5.74, 6) is -0.246. The van der Waals surface area contributed by atoms with E-state index in [0.29, 0.717) is 20.4 Å². The van der Waals surface area contributed by atoms with Crippen LogP contribution in [0.2, 0.25) is 5.02 Å². The molecule has 10 N–H and O–H groups in total. The van der Waals surface area contributed by atoms with Crippen molar-refractivity contribution in [2.24, 2.45) is 0 Å². The van der Waals surface area contributed by atoms with E-state index in [1.165, 1.54) is 6.07 Å². The number of phosphoric acid groups is 1. The number of fused-ring (bicyclic) bond motifs is 1. The molecule has 158 valence electrons. The topological polar surface area (TPSA) is 212 Å². The average molecular weight is 506 g/mol. The minimum atomic E-state index is -5.17. The van der Waals surface area contributed by atoms with Gasteiger partial charge >= 0.3 is 7.82 Å². The van der Waals surface area contributed by atoms with Gasteiger partial charge in [0.15, 0.2) is 5.88 Å². The van der Waals surface area contributed by atoms with Gasteiger partial charge in [-0.15, -0.1) is 0 Å². The Balaban J connectivity index is 0.00000280. The summed E-state index contributed by atoms with van der Waals surface area (Å²) in [5.41, 5.74) is 0.477. The molecule has 0 bridgehead atoms. The summed E-state index contributed by atoms with van der Waals surface area (Å²) in [5, 5.41) is 49.3. The lowest BCUT2D eigenvalue weighted by molar-refractivity contribution is -0.255. The first-order chi connectivity index (χ1) is 12.5. The van der Waals surface area contributed by atoms with Gasteiger partial charge in [-0.3, -0.25) is 4.57 Å². The van der Waals surface area contributed by atoms with E-state index in [1.54, 1.807) is 12.1 Å². The molecule has 0 aliphatic heterocycles. The smallest absolute Gasteiger partial charge is 0.321 e. The summed E-state index contributed by atoms with van der Waals surface area (Å²) in [6.07, 6.45) is -11.7. The van der Waals surface area contributed by atoms with Crippen LogP contribution in [0.4, 0.5) is 0 Å². The molecule has 0 saturated heterocycles. The normalized spacial score (nSPS) is 32.6. The van der Waals surface area contributed by atoms with Crippen LogP contribution in [0, 0.1) is 0 Å². The Hall–Kier alpha value is -0.760. The van der Waals surface area contributed by atoms with Crippen molar-refractivity contribution >= 4 is 46.3 Å². The van der Waals surface area contributed by atoms with E-state index >= 15 is 0 Å². The lowest BCUT2D eigenvalue weighted by Crippen LogP contribution is -2.64. The summed E-state index contributed by atoms with van der Waals surface area (Å²) in [6.45, 7) is 0. The van der Waals surface area contributed by atoms with Crippen molar-refractivity contribution < 1.29 is 44.0 Å². The van der Waals surface area contributed by atoms with Crippen LogP contribution in [0.15, 0.2) is 22.7 Å². The first-order valence-corrected chi connectivity index (χ1v) is 10.2. The molecule has 0 radical (unpaired) electrons. The number of aliphatic hydroxyl groups is 5. The second-order valence-electron chi connectivity index (χ2n) is 6.02. The van der Waals surface area contributed by atoms with Crippen LogP contribution in [-0.2, 0) is 9.09 Å². The summed E-state index contributed by atoms with van der Waals surface area (Å²) in [6, 6.07) is 4.57. The van der Waals surface area contributed by atoms with Gasteiger partial charge in [0, 0.05) is 21.4 Å². The first-order valence-electron chi connectivity index (χ1n) is 7.58. The maximum atomic E-state index is 12.2. The predicted octanol–water partition coefficient (Wildman–Crippen LogP) is 0.0105. The number of aromatic nitrogens is 1. The summed E-state index contributed by atoms with van der Waals surface area (Å²) < 4.78 is 22.1. The van der Waals surface area contributed by atoms with Gasteiger partial charge in [-0.05, 0) is 28.1 Å². The quantitative estimate of drug-likeness (QED) is 0.278. The van der Waals surface area contributed by atoms with Gasteiger partial charge in [-0.25, -0.2) is 0 Å². The Morgan fingerprint density at radius 1 is 1.07 bits per heavy atom. The number of halogens is 2. The monoisotopic (exact) mass is 504 g/mol. The fourth-order valence-electron chi connectivity index (χ4n) is 2.78. The number of aliphatic hydroxyl groups excluding tert-OH is 5. The zero-order valence-electron chi connectivity index (χ0n) is 14.3. The number of benzene rings is 1. The van der Waals surface area contributed by atoms with Crippen LogP contribution in [0.5, 0.6) is 5.88 Å². The molecular formula is C14H19BrClN2O9P. The first kappa shape index (κ1) is 23.5. The number of rotatable bonds is 4. The molecule has 3 unspecified atom stereocenters. The zero-order valence-corrected chi connectivity index (χ0v) is 17.5. The number of quaternary nitrogens is 1. The van der Waals surface area contributed by atoms with E-state index in [1.807, 2.05) is 0 Å². The molecule has 14 heteroatoms. The molecule has 2 aromatic rings. The standard InChI is InChI=1S/C14H16BrClNO9P.H3N/c15-5-1-2-6-4(8(5)16)3-7(17-6)25-27(23,24)26-14-12(21)10(19)9(18)11(20)13(14)22;/h1-3,9-14,17-22H,(H,23,24);1H3/t9?,10-,11+,12-,13-,14?;/m1./s1. The predicted molar refractivity (Wildman–Crippen MR) is 100 cm³/mol. The maximum Gasteiger partial charge on any atom is 0.321 e. The van der Waals surface area contributed by atoms with Crippen LogP contribution in [0.25, 0.3) is 10.9 Å². The summed E-state index contributed by atoms with van der Waals surface area (Å²) in [7, 11) is -5.17. The molecule has 1 saturated carbocycles. The van der Waals surface area contributed by atoms with Gasteiger partial charge in [-0.1, -0.05) is 11.6 Å². The molecule has 3 rings (SSSR count). The minimum Gasteiger partial charge on any atom is -0.746 e. The largest absolute Gasteiger partial charge is 0.746 e. The lowest BCUT2D eigenvalue weighted by Gasteiger charge is -2.42. The Morgan fingerprint density at radius 2 is 1.61 bits per heavy atom. The minimum absolute atomic E-state index is 0. The molecule has 7 atom stereocenters. The van der Waals surface area contributed by atoms with Crippen LogP contribution in [-0.4, -0.2) is 67.1 Å². The van der Waals surface area contributed by atoms with Gasteiger partial charge in [0.2, 0.25) is 0 Å². The fraction of sp³-hybridized carbons (Fsp3) is 0.429. The van der Waals surface area contributed by atoms with Crippen molar-refractivity contribution in [2.75, 3.05) is 0 Å². The van der Waals surface area contributed by atoms with Crippen molar-refractivity contribution in [1.29, 1.82) is 0 Å². The number of hydrogen-bond acceptors (Lipinski definition) is 9. The van der Waals surface area contributed by atoms with E-state index in [4.69, 9.17) is 16.1 Å². The van der Waals surface area contributed by atoms with Crippen LogP contribution >= 0.6 is 35.4 Å². The molecule has 1 aliphatic carbocycles. The van der Waals surface area contributed by atoms with Crippen LogP contribution < -0.4 is 15.6 Å². The highest BCUT2D eigenvalue weighted by atomic mass is 79.9. The van der Waals surface area contributed by atoms with E-state index in [2.05, 4.69) is 25.4 Å². The maximum absolute atomic E-state index is 12.2. The number of phosphoric ester groups is 1. The van der Waals surface area contributed by atoms with Gasteiger partial charge in [0.25, 0.3) is 0 Å². The number of hydrogen-bond donors (Lipinski definition) is 7. The highest BCUT2D eigenvalue weighted by Gasteiger charge is 2.50. The second kappa shape index (κ2) is 8.54. The Labute approximate surface area is 171 Å². The molecule has 1 heterocycles. The van der Waals surface area contributed by atoms with Gasteiger partial charge < -0.3 is 50.6 Å². The van der Waals surface area contributed by atoms with Crippen molar-refractivity contribution in [1.82, 2.24) is 11.1 Å². The molecule has 0 spiro atoms. The van der Waals surface area contributed by atoms with Crippen LogP contribution in [0.3, 0.4) is 0 Å². The summed E-state index contributed by atoms with van der Waals surface area (Å²) >= 11 is 9.33. The van der Waals surface area contributed by atoms with Gasteiger partial charge in [-0.2, -0.15) is 0 Å². The molecule has 11 nitrogen and oxygen atoms in total. The van der Waals surface area contributed by atoms with Crippen molar-refractivity contribution in [3.63, 3.8) is 0 Å². The SMILES string of the molecule is O=P([O-])(Oc1cc2c(Cl)c(Br)ccc2[nH]1)OC1[C@H](O)[C@H](O)C(O)[C@H](O)[C@H]1O.[NH4+]. The third kappa shape index (κ3) is 4.37. The zero-order chi connectivity index (χ0) is 20.1. The van der Waals surface area contributed by atoms with E-state index in [9.17, 15) is 35.0 Å². The number of aromatic amines is 1. The molecule has 0 amide bonds. The van der Waals surface area contributed by atoms with Crippen molar-refractivity contribution in [3.05, 3.63) is 27.7 Å². The van der Waals surface area contributed by atoms with Crippen LogP contribution in [0.1, 0.15) is 0 Å². The second-order valence-corrected chi connectivity index (χ2v) is 8.54. The Kier molecular flexibility index (Phi) is 7.17. The number of nitrogens with one attached hydrogen (secondary N) is 1.